The van der Waals surface area contributed by atoms with Gasteiger partial charge in [-0.2, -0.15) is 9.61 Å². The molecule has 0 aromatic carbocycles. The number of likely N-dealkylation sites (tertiary alicyclic amines) is 1. The van der Waals surface area contributed by atoms with Crippen LogP contribution in [0.25, 0.3) is 5.65 Å². The van der Waals surface area contributed by atoms with Crippen LogP contribution in [0.2, 0.25) is 0 Å². The Bertz CT molecular complexity index is 997. The summed E-state index contributed by atoms with van der Waals surface area (Å²) in [5, 5.41) is 13.6. The van der Waals surface area contributed by atoms with Gasteiger partial charge >= 0.3 is 0 Å². The molecule has 0 spiro atoms. The van der Waals surface area contributed by atoms with Gasteiger partial charge in [0.05, 0.1) is 5.69 Å². The Labute approximate surface area is 157 Å². The molecule has 0 N–H and O–H groups in total. The molecule has 140 valence electrons. The van der Waals surface area contributed by atoms with Crippen molar-refractivity contribution in [1.82, 2.24) is 29.3 Å². The van der Waals surface area contributed by atoms with E-state index < -0.39 is 0 Å². The number of fused-ring (bicyclic) bond motifs is 1. The van der Waals surface area contributed by atoms with Gasteiger partial charge in [0, 0.05) is 37.2 Å². The van der Waals surface area contributed by atoms with Crippen LogP contribution in [0.15, 0.2) is 41.3 Å². The zero-order valence-corrected chi connectivity index (χ0v) is 15.4. The first-order valence-corrected chi connectivity index (χ1v) is 9.88. The minimum atomic E-state index is 0.0693. The zero-order valence-electron chi connectivity index (χ0n) is 15.4. The number of piperidine rings is 1. The highest BCUT2D eigenvalue weighted by molar-refractivity contribution is 5.38. The Kier molecular flexibility index (Phi) is 4.24. The minimum absolute atomic E-state index is 0.0693. The maximum absolute atomic E-state index is 11.8. The van der Waals surface area contributed by atoms with E-state index in [1.165, 1.54) is 18.5 Å². The lowest BCUT2D eigenvalue weighted by Crippen LogP contribution is -2.37. The van der Waals surface area contributed by atoms with Crippen LogP contribution in [-0.2, 0) is 6.54 Å². The molecule has 0 bridgehead atoms. The largest absolute Gasteiger partial charge is 0.314 e. The van der Waals surface area contributed by atoms with E-state index >= 15 is 0 Å². The van der Waals surface area contributed by atoms with Crippen LogP contribution in [0.3, 0.4) is 0 Å². The molecule has 3 aromatic heterocycles. The molecule has 1 aliphatic heterocycles. The number of pyridine rings is 1. The predicted octanol–water partition coefficient (Wildman–Crippen LogP) is 2.04. The number of hydrogen-bond donors (Lipinski definition) is 0. The lowest BCUT2D eigenvalue weighted by molar-refractivity contribution is 0.201. The molecule has 2 fully saturated rings. The van der Waals surface area contributed by atoms with Crippen molar-refractivity contribution < 1.29 is 0 Å². The number of hydrogen-bond acceptors (Lipinski definition) is 5. The summed E-state index contributed by atoms with van der Waals surface area (Å²) >= 11 is 0. The molecule has 5 rings (SSSR count). The molecule has 0 radical (unpaired) electrons. The fraction of sp³-hybridized carbons (Fsp3) is 0.500. The normalized spacial score (nSPS) is 19.0. The van der Waals surface area contributed by atoms with Crippen LogP contribution in [-0.4, -0.2) is 48.9 Å². The molecule has 1 aliphatic carbocycles. The second kappa shape index (κ2) is 6.88. The molecule has 7 heteroatoms. The van der Waals surface area contributed by atoms with Crippen molar-refractivity contribution in [3.8, 4) is 0 Å². The van der Waals surface area contributed by atoms with Crippen molar-refractivity contribution in [3.05, 3.63) is 58.4 Å². The van der Waals surface area contributed by atoms with Gasteiger partial charge in [0.15, 0.2) is 11.5 Å². The van der Waals surface area contributed by atoms with Crippen molar-refractivity contribution in [2.45, 2.75) is 44.1 Å². The molecular weight excluding hydrogens is 340 g/mol. The van der Waals surface area contributed by atoms with E-state index in [2.05, 4.69) is 21.2 Å². The molecular formula is C20H24N6O. The first kappa shape index (κ1) is 16.6. The highest BCUT2D eigenvalue weighted by atomic mass is 16.1. The topological polar surface area (TPSA) is 68.3 Å². The molecule has 0 unspecified atom stereocenters. The molecule has 27 heavy (non-hydrogen) atoms. The van der Waals surface area contributed by atoms with E-state index in [0.29, 0.717) is 11.8 Å². The predicted molar refractivity (Wildman–Crippen MR) is 102 cm³/mol. The summed E-state index contributed by atoms with van der Waals surface area (Å²) in [6, 6.07) is 9.46. The molecule has 1 saturated carbocycles. The highest BCUT2D eigenvalue weighted by Crippen LogP contribution is 2.39. The third kappa shape index (κ3) is 3.39. The molecule has 7 nitrogen and oxygen atoms in total. The first-order valence-electron chi connectivity index (χ1n) is 9.88. The zero-order chi connectivity index (χ0) is 18.2. The van der Waals surface area contributed by atoms with Crippen LogP contribution >= 0.6 is 0 Å². The summed E-state index contributed by atoms with van der Waals surface area (Å²) in [6.07, 6.45) is 6.47. The summed E-state index contributed by atoms with van der Waals surface area (Å²) in [7, 11) is 0. The van der Waals surface area contributed by atoms with Crippen LogP contribution in [0.4, 0.5) is 0 Å². The quantitative estimate of drug-likeness (QED) is 0.693. The second-order valence-corrected chi connectivity index (χ2v) is 7.71. The van der Waals surface area contributed by atoms with Gasteiger partial charge in [-0.3, -0.25) is 4.79 Å². The maximum Gasteiger partial charge on any atom is 0.250 e. The van der Waals surface area contributed by atoms with Gasteiger partial charge in [-0.15, -0.1) is 10.2 Å². The minimum Gasteiger partial charge on any atom is -0.314 e. The molecule has 3 aromatic rings. The van der Waals surface area contributed by atoms with E-state index in [4.69, 9.17) is 5.10 Å². The van der Waals surface area contributed by atoms with Gasteiger partial charge in [0.25, 0.3) is 5.56 Å². The van der Waals surface area contributed by atoms with Crippen molar-refractivity contribution >= 4 is 5.65 Å². The van der Waals surface area contributed by atoms with Gasteiger partial charge in [-0.05, 0) is 57.0 Å². The van der Waals surface area contributed by atoms with E-state index in [-0.39, 0.29) is 5.56 Å². The summed E-state index contributed by atoms with van der Waals surface area (Å²) in [4.78, 5) is 14.3. The molecule has 0 amide bonds. The van der Waals surface area contributed by atoms with Crippen LogP contribution in [0, 0.1) is 0 Å². The maximum atomic E-state index is 11.8. The van der Waals surface area contributed by atoms with Gasteiger partial charge in [0.2, 0.25) is 0 Å². The molecule has 1 saturated heterocycles. The van der Waals surface area contributed by atoms with E-state index in [1.54, 1.807) is 16.7 Å². The molecule has 0 atom stereocenters. The Balaban J connectivity index is 1.24. The summed E-state index contributed by atoms with van der Waals surface area (Å²) < 4.78 is 3.75. The fourth-order valence-corrected chi connectivity index (χ4v) is 3.98. The smallest absolute Gasteiger partial charge is 0.250 e. The van der Waals surface area contributed by atoms with E-state index in [1.807, 2.05) is 22.8 Å². The third-order valence-corrected chi connectivity index (χ3v) is 5.81. The highest BCUT2D eigenvalue weighted by Gasteiger charge is 2.28. The van der Waals surface area contributed by atoms with Crippen molar-refractivity contribution in [3.63, 3.8) is 0 Å². The Morgan fingerprint density at radius 3 is 2.56 bits per heavy atom. The van der Waals surface area contributed by atoms with Crippen molar-refractivity contribution in [2.24, 2.45) is 0 Å². The van der Waals surface area contributed by atoms with Gasteiger partial charge in [-0.25, -0.2) is 0 Å². The van der Waals surface area contributed by atoms with Gasteiger partial charge in [-0.1, -0.05) is 6.07 Å². The summed E-state index contributed by atoms with van der Waals surface area (Å²) in [5.74, 6) is 2.04. The Morgan fingerprint density at radius 1 is 0.926 bits per heavy atom. The number of nitrogens with zero attached hydrogens (tertiary/aromatic N) is 6. The lowest BCUT2D eigenvalue weighted by Gasteiger charge is -2.31. The van der Waals surface area contributed by atoms with Gasteiger partial charge < -0.3 is 9.47 Å². The van der Waals surface area contributed by atoms with E-state index in [0.717, 1.165) is 50.5 Å². The third-order valence-electron chi connectivity index (χ3n) is 5.81. The number of rotatable bonds is 5. The fourth-order valence-electron chi connectivity index (χ4n) is 3.98. The average Bonchev–Trinajstić information content (AvgIpc) is 3.47. The standard InChI is InChI=1S/C20H24N6O/c27-19-3-1-2-10-25(19)14-13-24-11-8-16(9-12-24)20-22-21-18-7-6-17(15-4-5-15)23-26(18)20/h1-3,6-7,10,15-16H,4-5,8-9,11-14H2. The summed E-state index contributed by atoms with van der Waals surface area (Å²) in [6.45, 7) is 3.68. The molecule has 4 heterocycles. The van der Waals surface area contributed by atoms with Crippen LogP contribution in [0.1, 0.15) is 49.0 Å². The van der Waals surface area contributed by atoms with Crippen LogP contribution in [0.5, 0.6) is 0 Å². The van der Waals surface area contributed by atoms with Crippen LogP contribution < -0.4 is 5.56 Å². The SMILES string of the molecule is O=c1ccccn1CCN1CCC(c2nnc3ccc(C4CC4)nn23)CC1. The number of aromatic nitrogens is 5. The van der Waals surface area contributed by atoms with Gasteiger partial charge in [0.1, 0.15) is 0 Å². The summed E-state index contributed by atoms with van der Waals surface area (Å²) in [5.41, 5.74) is 2.09. The second-order valence-electron chi connectivity index (χ2n) is 7.71. The van der Waals surface area contributed by atoms with Crippen molar-refractivity contribution in [1.29, 1.82) is 0 Å². The lowest BCUT2D eigenvalue weighted by atomic mass is 9.96. The average molecular weight is 364 g/mol. The molecule has 2 aliphatic rings. The van der Waals surface area contributed by atoms with Crippen molar-refractivity contribution in [2.75, 3.05) is 19.6 Å². The van der Waals surface area contributed by atoms with E-state index in [9.17, 15) is 4.79 Å². The Hall–Kier alpha value is -2.54. The Morgan fingerprint density at radius 2 is 1.78 bits per heavy atom. The first-order chi connectivity index (χ1) is 13.3. The monoisotopic (exact) mass is 364 g/mol.